The van der Waals surface area contributed by atoms with Crippen molar-refractivity contribution in [3.05, 3.63) is 65.7 Å². The van der Waals surface area contributed by atoms with Crippen LogP contribution >= 0.6 is 0 Å². The predicted octanol–water partition coefficient (Wildman–Crippen LogP) is 2.83. The molecule has 0 spiro atoms. The fourth-order valence-electron chi connectivity index (χ4n) is 3.14. The lowest BCUT2D eigenvalue weighted by Gasteiger charge is -2.31. The van der Waals surface area contributed by atoms with Crippen molar-refractivity contribution in [3.63, 3.8) is 0 Å². The highest BCUT2D eigenvalue weighted by Gasteiger charge is 2.30. The van der Waals surface area contributed by atoms with Gasteiger partial charge in [-0.3, -0.25) is 4.79 Å². The fourth-order valence-corrected chi connectivity index (χ4v) is 4.61. The average Bonchev–Trinajstić information content (AvgIpc) is 2.69. The van der Waals surface area contributed by atoms with Crippen LogP contribution in [0.15, 0.2) is 59.5 Å². The van der Waals surface area contributed by atoms with Gasteiger partial charge in [0, 0.05) is 24.7 Å². The zero-order chi connectivity index (χ0) is 18.6. The van der Waals surface area contributed by atoms with E-state index in [0.717, 1.165) is 12.0 Å². The minimum atomic E-state index is -3.47. The van der Waals surface area contributed by atoms with Crippen LogP contribution in [0.5, 0.6) is 0 Å². The number of benzene rings is 2. The van der Waals surface area contributed by atoms with Crippen molar-refractivity contribution in [2.45, 2.75) is 37.1 Å². The number of hydrogen-bond donors (Lipinski definition) is 1. The predicted molar refractivity (Wildman–Crippen MR) is 102 cm³/mol. The number of carbonyl (C=O) groups is 1. The summed E-state index contributed by atoms with van der Waals surface area (Å²) in [7, 11) is -3.47. The first kappa shape index (κ1) is 18.6. The van der Waals surface area contributed by atoms with Crippen molar-refractivity contribution in [3.8, 4) is 0 Å². The molecule has 0 bridgehead atoms. The van der Waals surface area contributed by atoms with Gasteiger partial charge in [0.2, 0.25) is 10.0 Å². The number of sulfonamides is 1. The minimum absolute atomic E-state index is 0.00313. The molecular weight excluding hydrogens is 348 g/mol. The zero-order valence-corrected chi connectivity index (χ0v) is 15.7. The molecule has 2 aromatic rings. The second-order valence-corrected chi connectivity index (χ2v) is 8.45. The number of carbonyl (C=O) groups excluding carboxylic acids is 1. The third-order valence-corrected chi connectivity index (χ3v) is 6.71. The van der Waals surface area contributed by atoms with Crippen LogP contribution in [0.4, 0.5) is 0 Å². The van der Waals surface area contributed by atoms with Gasteiger partial charge in [0.15, 0.2) is 0 Å². The van der Waals surface area contributed by atoms with Crippen molar-refractivity contribution >= 4 is 15.9 Å². The third kappa shape index (κ3) is 4.14. The Morgan fingerprint density at radius 3 is 2.23 bits per heavy atom. The Kier molecular flexibility index (Phi) is 5.74. The van der Waals surface area contributed by atoms with Gasteiger partial charge in [-0.25, -0.2) is 8.42 Å². The molecule has 1 saturated heterocycles. The van der Waals surface area contributed by atoms with Crippen LogP contribution in [-0.2, 0) is 16.4 Å². The monoisotopic (exact) mass is 372 g/mol. The molecule has 2 aromatic carbocycles. The Labute approximate surface area is 155 Å². The van der Waals surface area contributed by atoms with E-state index >= 15 is 0 Å². The van der Waals surface area contributed by atoms with E-state index in [9.17, 15) is 13.2 Å². The summed E-state index contributed by atoms with van der Waals surface area (Å²) < 4.78 is 27.1. The number of amides is 1. The molecule has 6 heteroatoms. The molecule has 1 N–H and O–H groups in total. The van der Waals surface area contributed by atoms with Crippen LogP contribution in [-0.4, -0.2) is 37.8 Å². The van der Waals surface area contributed by atoms with E-state index in [-0.39, 0.29) is 11.9 Å². The highest BCUT2D eigenvalue weighted by molar-refractivity contribution is 7.89. The van der Waals surface area contributed by atoms with E-state index in [1.807, 2.05) is 37.3 Å². The molecule has 0 radical (unpaired) electrons. The lowest BCUT2D eigenvalue weighted by molar-refractivity contribution is 0.0924. The standard InChI is InChI=1S/C20H24N2O3S/c1-2-16-8-10-19(11-9-16)26(24,25)22-14-12-18(13-15-22)21-20(23)17-6-4-3-5-7-17/h3-11,18H,2,12-15H2,1H3,(H,21,23). The van der Waals surface area contributed by atoms with Gasteiger partial charge in [-0.05, 0) is 49.1 Å². The summed E-state index contributed by atoms with van der Waals surface area (Å²) in [5.74, 6) is -0.109. The number of hydrogen-bond acceptors (Lipinski definition) is 3. The highest BCUT2D eigenvalue weighted by atomic mass is 32.2. The number of nitrogens with one attached hydrogen (secondary N) is 1. The first-order chi connectivity index (χ1) is 12.5. The molecule has 0 aliphatic carbocycles. The summed E-state index contributed by atoms with van der Waals surface area (Å²) in [5.41, 5.74) is 1.74. The van der Waals surface area contributed by atoms with E-state index in [0.29, 0.717) is 36.4 Å². The Morgan fingerprint density at radius 1 is 1.04 bits per heavy atom. The molecule has 26 heavy (non-hydrogen) atoms. The van der Waals surface area contributed by atoms with Gasteiger partial charge in [0.25, 0.3) is 5.91 Å². The molecule has 0 atom stereocenters. The first-order valence-electron chi connectivity index (χ1n) is 8.95. The number of nitrogens with zero attached hydrogens (tertiary/aromatic N) is 1. The van der Waals surface area contributed by atoms with E-state index < -0.39 is 10.0 Å². The SMILES string of the molecule is CCc1ccc(S(=O)(=O)N2CCC(NC(=O)c3ccccc3)CC2)cc1. The van der Waals surface area contributed by atoms with Gasteiger partial charge in [-0.15, -0.1) is 0 Å². The van der Waals surface area contributed by atoms with Gasteiger partial charge in [0.1, 0.15) is 0 Å². The molecule has 0 aromatic heterocycles. The molecule has 1 aliphatic heterocycles. The average molecular weight is 372 g/mol. The largest absolute Gasteiger partial charge is 0.349 e. The van der Waals surface area contributed by atoms with Crippen molar-refractivity contribution in [1.82, 2.24) is 9.62 Å². The van der Waals surface area contributed by atoms with Gasteiger partial charge < -0.3 is 5.32 Å². The molecule has 0 saturated carbocycles. The Bertz CT molecular complexity index is 840. The summed E-state index contributed by atoms with van der Waals surface area (Å²) in [4.78, 5) is 12.6. The van der Waals surface area contributed by atoms with Gasteiger partial charge in [0.05, 0.1) is 4.90 Å². The van der Waals surface area contributed by atoms with Crippen molar-refractivity contribution in [2.75, 3.05) is 13.1 Å². The smallest absolute Gasteiger partial charge is 0.251 e. The number of aryl methyl sites for hydroxylation is 1. The maximum absolute atomic E-state index is 12.8. The molecule has 1 fully saturated rings. The van der Waals surface area contributed by atoms with Crippen LogP contribution in [0.1, 0.15) is 35.7 Å². The van der Waals surface area contributed by atoms with E-state index in [1.54, 1.807) is 24.3 Å². The highest BCUT2D eigenvalue weighted by Crippen LogP contribution is 2.21. The quantitative estimate of drug-likeness (QED) is 0.878. The van der Waals surface area contributed by atoms with Gasteiger partial charge in [-0.1, -0.05) is 37.3 Å². The van der Waals surface area contributed by atoms with Gasteiger partial charge in [-0.2, -0.15) is 4.31 Å². The maximum atomic E-state index is 12.8. The molecule has 1 amide bonds. The maximum Gasteiger partial charge on any atom is 0.251 e. The molecule has 1 heterocycles. The first-order valence-corrected chi connectivity index (χ1v) is 10.4. The molecular formula is C20H24N2O3S. The van der Waals surface area contributed by atoms with Crippen LogP contribution in [0.3, 0.4) is 0 Å². The zero-order valence-electron chi connectivity index (χ0n) is 14.9. The molecule has 3 rings (SSSR count). The Hall–Kier alpha value is -2.18. The lowest BCUT2D eigenvalue weighted by atomic mass is 10.1. The summed E-state index contributed by atoms with van der Waals surface area (Å²) in [6.07, 6.45) is 2.11. The molecule has 0 unspecified atom stereocenters. The third-order valence-electron chi connectivity index (χ3n) is 4.79. The van der Waals surface area contributed by atoms with Crippen LogP contribution in [0, 0.1) is 0 Å². The Morgan fingerprint density at radius 2 is 1.65 bits per heavy atom. The van der Waals surface area contributed by atoms with Gasteiger partial charge >= 0.3 is 0 Å². The second-order valence-electron chi connectivity index (χ2n) is 6.52. The summed E-state index contributed by atoms with van der Waals surface area (Å²) in [5, 5.41) is 3.00. The summed E-state index contributed by atoms with van der Waals surface area (Å²) in [6, 6.07) is 16.1. The lowest BCUT2D eigenvalue weighted by Crippen LogP contribution is -2.46. The minimum Gasteiger partial charge on any atom is -0.349 e. The summed E-state index contributed by atoms with van der Waals surface area (Å²) in [6.45, 7) is 2.87. The van der Waals surface area contributed by atoms with Crippen LogP contribution < -0.4 is 5.32 Å². The van der Waals surface area contributed by atoms with E-state index in [2.05, 4.69) is 5.32 Å². The second kappa shape index (κ2) is 8.01. The fraction of sp³-hybridized carbons (Fsp3) is 0.350. The van der Waals surface area contributed by atoms with E-state index in [1.165, 1.54) is 4.31 Å². The van der Waals surface area contributed by atoms with Crippen LogP contribution in [0.2, 0.25) is 0 Å². The van der Waals surface area contributed by atoms with Crippen molar-refractivity contribution in [2.24, 2.45) is 0 Å². The number of piperidine rings is 1. The number of rotatable bonds is 5. The van der Waals surface area contributed by atoms with E-state index in [4.69, 9.17) is 0 Å². The van der Waals surface area contributed by atoms with Crippen molar-refractivity contribution in [1.29, 1.82) is 0 Å². The van der Waals surface area contributed by atoms with Crippen LogP contribution in [0.25, 0.3) is 0 Å². The molecule has 1 aliphatic rings. The topological polar surface area (TPSA) is 66.5 Å². The summed E-state index contributed by atoms with van der Waals surface area (Å²) >= 11 is 0. The normalized spacial score (nSPS) is 16.3. The molecule has 138 valence electrons. The van der Waals surface area contributed by atoms with Crippen molar-refractivity contribution < 1.29 is 13.2 Å². The Balaban J connectivity index is 1.59. The molecule has 5 nitrogen and oxygen atoms in total.